The summed E-state index contributed by atoms with van der Waals surface area (Å²) < 4.78 is 0. The van der Waals surface area contributed by atoms with Gasteiger partial charge in [-0.15, -0.1) is 0 Å². The monoisotopic (exact) mass is 210 g/mol. The maximum absolute atomic E-state index is 3.46. The second kappa shape index (κ2) is 5.86. The maximum Gasteiger partial charge on any atom is 0.000966 e. The molecule has 1 aliphatic carbocycles. The summed E-state index contributed by atoms with van der Waals surface area (Å²) in [5, 5.41) is 3.46. The predicted octanol–water partition coefficient (Wildman–Crippen LogP) is 2.11. The Morgan fingerprint density at radius 1 is 1.13 bits per heavy atom. The average Bonchev–Trinajstić information content (AvgIpc) is 2.90. The van der Waals surface area contributed by atoms with Gasteiger partial charge in [-0.3, -0.25) is 0 Å². The summed E-state index contributed by atoms with van der Waals surface area (Å²) in [6.45, 7) is 8.86. The van der Waals surface area contributed by atoms with Crippen molar-refractivity contribution < 1.29 is 0 Å². The summed E-state index contributed by atoms with van der Waals surface area (Å²) in [5.41, 5.74) is 0. The highest BCUT2D eigenvalue weighted by Gasteiger charge is 2.24. The molecule has 2 heteroatoms. The highest BCUT2D eigenvalue weighted by atomic mass is 15.1. The van der Waals surface area contributed by atoms with E-state index in [1.807, 2.05) is 0 Å². The van der Waals surface area contributed by atoms with Crippen molar-refractivity contribution in [3.63, 3.8) is 0 Å². The Kier molecular flexibility index (Phi) is 4.45. The van der Waals surface area contributed by atoms with Gasteiger partial charge in [0.2, 0.25) is 0 Å². The first-order valence-corrected chi connectivity index (χ1v) is 6.81. The Hall–Kier alpha value is -0.0800. The molecule has 0 aromatic carbocycles. The van der Waals surface area contributed by atoms with Crippen molar-refractivity contribution in [2.45, 2.75) is 39.0 Å². The zero-order valence-corrected chi connectivity index (χ0v) is 10.2. The van der Waals surface area contributed by atoms with Crippen LogP contribution in [0, 0.1) is 11.8 Å². The van der Waals surface area contributed by atoms with Crippen LogP contribution in [0.3, 0.4) is 0 Å². The summed E-state index contributed by atoms with van der Waals surface area (Å²) in [6.07, 6.45) is 7.12. The van der Waals surface area contributed by atoms with E-state index in [2.05, 4.69) is 17.1 Å². The molecule has 1 heterocycles. The van der Waals surface area contributed by atoms with Crippen LogP contribution in [0.5, 0.6) is 0 Å². The van der Waals surface area contributed by atoms with Crippen LogP contribution in [0.1, 0.15) is 39.0 Å². The largest absolute Gasteiger partial charge is 0.316 e. The molecule has 0 spiro atoms. The van der Waals surface area contributed by atoms with Gasteiger partial charge in [-0.25, -0.2) is 0 Å². The molecule has 1 saturated carbocycles. The zero-order chi connectivity index (χ0) is 10.5. The molecule has 88 valence electrons. The molecule has 1 atom stereocenters. The Morgan fingerprint density at radius 2 is 2.00 bits per heavy atom. The van der Waals surface area contributed by atoms with Gasteiger partial charge in [-0.1, -0.05) is 6.92 Å². The fraction of sp³-hybridized carbons (Fsp3) is 1.00. The lowest BCUT2D eigenvalue weighted by Crippen LogP contribution is -2.29. The van der Waals surface area contributed by atoms with Gasteiger partial charge < -0.3 is 10.2 Å². The Bertz CT molecular complexity index is 171. The molecule has 0 aromatic rings. The molecule has 1 saturated heterocycles. The third kappa shape index (κ3) is 4.12. The fourth-order valence-corrected chi connectivity index (χ4v) is 2.60. The summed E-state index contributed by atoms with van der Waals surface area (Å²) in [4.78, 5) is 2.70. The van der Waals surface area contributed by atoms with Crippen LogP contribution in [0.2, 0.25) is 0 Å². The van der Waals surface area contributed by atoms with Crippen molar-refractivity contribution in [1.82, 2.24) is 10.2 Å². The first kappa shape index (κ1) is 11.4. The summed E-state index contributed by atoms with van der Waals surface area (Å²) in [6, 6.07) is 0. The Morgan fingerprint density at radius 3 is 2.60 bits per heavy atom. The summed E-state index contributed by atoms with van der Waals surface area (Å²) >= 11 is 0. The van der Waals surface area contributed by atoms with Gasteiger partial charge in [0.05, 0.1) is 0 Å². The smallest absolute Gasteiger partial charge is 0.000966 e. The first-order valence-electron chi connectivity index (χ1n) is 6.81. The van der Waals surface area contributed by atoms with Crippen molar-refractivity contribution in [3.05, 3.63) is 0 Å². The van der Waals surface area contributed by atoms with E-state index in [9.17, 15) is 0 Å². The predicted molar refractivity (Wildman–Crippen MR) is 65.0 cm³/mol. The topological polar surface area (TPSA) is 15.3 Å². The summed E-state index contributed by atoms with van der Waals surface area (Å²) in [5.74, 6) is 2.02. The van der Waals surface area contributed by atoms with Gasteiger partial charge in [0.15, 0.2) is 0 Å². The highest BCUT2D eigenvalue weighted by Crippen LogP contribution is 2.30. The van der Waals surface area contributed by atoms with E-state index in [1.54, 1.807) is 0 Å². The Labute approximate surface area is 94.4 Å². The van der Waals surface area contributed by atoms with Crippen molar-refractivity contribution >= 4 is 0 Å². The van der Waals surface area contributed by atoms with Gasteiger partial charge in [0.25, 0.3) is 0 Å². The lowest BCUT2D eigenvalue weighted by atomic mass is 10.0. The standard InChI is InChI=1S/C13H26N2/c1-2-8-15(11-13-3-4-13)9-6-12-5-7-14-10-12/h12-14H,2-11H2,1H3. The average molecular weight is 210 g/mol. The van der Waals surface area contributed by atoms with Crippen molar-refractivity contribution in [3.8, 4) is 0 Å². The number of nitrogens with zero attached hydrogens (tertiary/aromatic N) is 1. The fourth-order valence-electron chi connectivity index (χ4n) is 2.60. The molecule has 0 amide bonds. The molecule has 1 aliphatic heterocycles. The SMILES string of the molecule is CCCN(CCC1CCNC1)CC1CC1. The molecule has 2 rings (SSSR count). The minimum atomic E-state index is 0.962. The second-order valence-electron chi connectivity index (χ2n) is 5.39. The van der Waals surface area contributed by atoms with Gasteiger partial charge in [0, 0.05) is 6.54 Å². The molecule has 0 aromatic heterocycles. The number of hydrogen-bond acceptors (Lipinski definition) is 2. The molecule has 1 unspecified atom stereocenters. The lowest BCUT2D eigenvalue weighted by Gasteiger charge is -2.22. The van der Waals surface area contributed by atoms with Crippen LogP contribution in [0.15, 0.2) is 0 Å². The molecular weight excluding hydrogens is 184 g/mol. The second-order valence-corrected chi connectivity index (χ2v) is 5.39. The van der Waals surface area contributed by atoms with E-state index in [0.717, 1.165) is 11.8 Å². The number of hydrogen-bond donors (Lipinski definition) is 1. The van der Waals surface area contributed by atoms with Gasteiger partial charge in [0.1, 0.15) is 0 Å². The first-order chi connectivity index (χ1) is 7.38. The minimum absolute atomic E-state index is 0.962. The van der Waals surface area contributed by atoms with Crippen molar-refractivity contribution in [2.24, 2.45) is 11.8 Å². The van der Waals surface area contributed by atoms with Crippen molar-refractivity contribution in [2.75, 3.05) is 32.7 Å². The lowest BCUT2D eigenvalue weighted by molar-refractivity contribution is 0.245. The highest BCUT2D eigenvalue weighted by molar-refractivity contribution is 4.78. The number of nitrogens with one attached hydrogen (secondary N) is 1. The van der Waals surface area contributed by atoms with Crippen LogP contribution < -0.4 is 5.32 Å². The molecule has 0 bridgehead atoms. The van der Waals surface area contributed by atoms with Gasteiger partial charge >= 0.3 is 0 Å². The third-order valence-corrected chi connectivity index (χ3v) is 3.77. The van der Waals surface area contributed by atoms with Crippen LogP contribution in [0.4, 0.5) is 0 Å². The maximum atomic E-state index is 3.46. The normalized spacial score (nSPS) is 26.4. The minimum Gasteiger partial charge on any atom is -0.316 e. The summed E-state index contributed by atoms with van der Waals surface area (Å²) in [7, 11) is 0. The molecular formula is C13H26N2. The Balaban J connectivity index is 1.62. The van der Waals surface area contributed by atoms with Crippen LogP contribution in [-0.4, -0.2) is 37.6 Å². The van der Waals surface area contributed by atoms with Crippen molar-refractivity contribution in [1.29, 1.82) is 0 Å². The molecule has 2 fully saturated rings. The molecule has 2 aliphatic rings. The van der Waals surface area contributed by atoms with Crippen LogP contribution in [-0.2, 0) is 0 Å². The van der Waals surface area contributed by atoms with E-state index in [0.29, 0.717) is 0 Å². The molecule has 15 heavy (non-hydrogen) atoms. The van der Waals surface area contributed by atoms with E-state index in [4.69, 9.17) is 0 Å². The molecule has 2 nitrogen and oxygen atoms in total. The van der Waals surface area contributed by atoms with E-state index in [-0.39, 0.29) is 0 Å². The quantitative estimate of drug-likeness (QED) is 0.692. The molecule has 0 radical (unpaired) electrons. The zero-order valence-electron chi connectivity index (χ0n) is 10.2. The van der Waals surface area contributed by atoms with Crippen LogP contribution >= 0.6 is 0 Å². The third-order valence-electron chi connectivity index (χ3n) is 3.77. The van der Waals surface area contributed by atoms with Crippen LogP contribution in [0.25, 0.3) is 0 Å². The molecule has 1 N–H and O–H groups in total. The van der Waals surface area contributed by atoms with E-state index >= 15 is 0 Å². The van der Waals surface area contributed by atoms with Gasteiger partial charge in [-0.05, 0) is 70.1 Å². The van der Waals surface area contributed by atoms with E-state index in [1.165, 1.54) is 64.8 Å². The van der Waals surface area contributed by atoms with Gasteiger partial charge in [-0.2, -0.15) is 0 Å². The van der Waals surface area contributed by atoms with E-state index < -0.39 is 0 Å². The number of rotatable bonds is 7.